The smallest absolute Gasteiger partial charge is 0.265 e. The van der Waals surface area contributed by atoms with E-state index in [0.717, 1.165) is 5.69 Å². The molecule has 0 saturated carbocycles. The standard InChI is InChI=1S/C23H18ClN3O2/c1-15(21-11-4-5-12-25-21)26-14-20-18-9-2-3-10-19(18)22(28)27(23(20)29)17-8-6-7-16(24)13-17/h2-15,20H,1H3/t15-,20?/m1/s1. The number of hydrogen-bond acceptors (Lipinski definition) is 4. The molecule has 0 N–H and O–H groups in total. The van der Waals surface area contributed by atoms with Crippen LogP contribution in [0.4, 0.5) is 5.69 Å². The first-order valence-electron chi connectivity index (χ1n) is 9.23. The second kappa shape index (κ2) is 7.97. The van der Waals surface area contributed by atoms with Crippen LogP contribution in [-0.4, -0.2) is 23.0 Å². The summed E-state index contributed by atoms with van der Waals surface area (Å²) in [5.41, 5.74) is 2.38. The second-order valence-corrected chi connectivity index (χ2v) is 7.19. The molecule has 2 heterocycles. The summed E-state index contributed by atoms with van der Waals surface area (Å²) in [6.07, 6.45) is 3.33. The van der Waals surface area contributed by atoms with Gasteiger partial charge in [0.05, 0.1) is 23.3 Å². The number of fused-ring (bicyclic) bond motifs is 1. The summed E-state index contributed by atoms with van der Waals surface area (Å²) in [6.45, 7) is 1.91. The first kappa shape index (κ1) is 19.0. The van der Waals surface area contributed by atoms with E-state index in [4.69, 9.17) is 11.6 Å². The Morgan fingerprint density at radius 2 is 1.86 bits per heavy atom. The molecule has 0 radical (unpaired) electrons. The first-order valence-corrected chi connectivity index (χ1v) is 9.61. The van der Waals surface area contributed by atoms with Crippen molar-refractivity contribution in [1.82, 2.24) is 4.98 Å². The number of carbonyl (C=O) groups excluding carboxylic acids is 2. The molecule has 0 aliphatic carbocycles. The highest BCUT2D eigenvalue weighted by Gasteiger charge is 2.38. The minimum absolute atomic E-state index is 0.214. The largest absolute Gasteiger partial charge is 0.287 e. The number of anilines is 1. The number of aliphatic imine (C=N–C) groups is 1. The molecule has 3 aromatic rings. The molecule has 0 spiro atoms. The van der Waals surface area contributed by atoms with Gasteiger partial charge in [0.2, 0.25) is 5.91 Å². The van der Waals surface area contributed by atoms with Crippen molar-refractivity contribution in [2.24, 2.45) is 4.99 Å². The van der Waals surface area contributed by atoms with Crippen molar-refractivity contribution in [2.75, 3.05) is 4.90 Å². The van der Waals surface area contributed by atoms with Crippen molar-refractivity contribution in [1.29, 1.82) is 0 Å². The Morgan fingerprint density at radius 1 is 1.07 bits per heavy atom. The van der Waals surface area contributed by atoms with E-state index in [-0.39, 0.29) is 17.9 Å². The Labute approximate surface area is 173 Å². The molecule has 144 valence electrons. The molecule has 1 aliphatic rings. The molecule has 0 saturated heterocycles. The van der Waals surface area contributed by atoms with Crippen LogP contribution in [0.2, 0.25) is 5.02 Å². The summed E-state index contributed by atoms with van der Waals surface area (Å²) in [4.78, 5) is 36.4. The molecule has 1 unspecified atom stereocenters. The fraction of sp³-hybridized carbons (Fsp3) is 0.130. The van der Waals surface area contributed by atoms with Gasteiger partial charge in [-0.05, 0) is 48.9 Å². The zero-order valence-corrected chi connectivity index (χ0v) is 16.5. The minimum Gasteiger partial charge on any atom is -0.287 e. The van der Waals surface area contributed by atoms with Gasteiger partial charge >= 0.3 is 0 Å². The van der Waals surface area contributed by atoms with Gasteiger partial charge in [-0.15, -0.1) is 0 Å². The SMILES string of the molecule is C[C@@H](N=CC1C(=O)N(c2cccc(Cl)c2)C(=O)c2ccccc21)c1ccccn1. The van der Waals surface area contributed by atoms with Gasteiger partial charge in [-0.3, -0.25) is 19.6 Å². The van der Waals surface area contributed by atoms with Crippen LogP contribution in [-0.2, 0) is 4.79 Å². The molecule has 29 heavy (non-hydrogen) atoms. The predicted octanol–water partition coefficient (Wildman–Crippen LogP) is 4.84. The molecule has 0 fully saturated rings. The van der Waals surface area contributed by atoms with Crippen LogP contribution in [0.3, 0.4) is 0 Å². The van der Waals surface area contributed by atoms with Gasteiger partial charge in [0, 0.05) is 23.0 Å². The van der Waals surface area contributed by atoms with E-state index < -0.39 is 5.92 Å². The average molecular weight is 404 g/mol. The third-order valence-corrected chi connectivity index (χ3v) is 5.09. The number of benzene rings is 2. The number of rotatable bonds is 4. The van der Waals surface area contributed by atoms with Crippen LogP contribution in [0.5, 0.6) is 0 Å². The summed E-state index contributed by atoms with van der Waals surface area (Å²) < 4.78 is 0. The molecule has 4 rings (SSSR count). The molecular weight excluding hydrogens is 386 g/mol. The molecule has 2 aromatic carbocycles. The summed E-state index contributed by atoms with van der Waals surface area (Å²) >= 11 is 6.08. The fourth-order valence-electron chi connectivity index (χ4n) is 3.37. The Balaban J connectivity index is 1.74. The van der Waals surface area contributed by atoms with Gasteiger partial charge in [0.15, 0.2) is 0 Å². The third-order valence-electron chi connectivity index (χ3n) is 4.86. The number of hydrogen-bond donors (Lipinski definition) is 0. The Hall–Kier alpha value is -3.31. The van der Waals surface area contributed by atoms with Crippen molar-refractivity contribution >= 4 is 35.3 Å². The monoisotopic (exact) mass is 403 g/mol. The molecule has 1 aromatic heterocycles. The highest BCUT2D eigenvalue weighted by molar-refractivity contribution is 6.32. The van der Waals surface area contributed by atoms with Gasteiger partial charge in [0.1, 0.15) is 0 Å². The molecule has 2 atom stereocenters. The summed E-state index contributed by atoms with van der Waals surface area (Å²) in [7, 11) is 0. The maximum atomic E-state index is 13.3. The lowest BCUT2D eigenvalue weighted by atomic mass is 9.88. The summed E-state index contributed by atoms with van der Waals surface area (Å²) in [6, 6.07) is 19.3. The van der Waals surface area contributed by atoms with Crippen molar-refractivity contribution in [3.05, 3.63) is 94.8 Å². The summed E-state index contributed by atoms with van der Waals surface area (Å²) in [5, 5.41) is 0.455. The normalized spacial score (nSPS) is 17.4. The Bertz CT molecular complexity index is 1100. The number of imide groups is 1. The van der Waals surface area contributed by atoms with Gasteiger partial charge < -0.3 is 0 Å². The Morgan fingerprint density at radius 3 is 2.62 bits per heavy atom. The number of pyridine rings is 1. The number of amides is 2. The predicted molar refractivity (Wildman–Crippen MR) is 114 cm³/mol. The third kappa shape index (κ3) is 3.69. The lowest BCUT2D eigenvalue weighted by Gasteiger charge is -2.31. The number of carbonyl (C=O) groups is 2. The van der Waals surface area contributed by atoms with Gasteiger partial charge in [-0.1, -0.05) is 41.9 Å². The van der Waals surface area contributed by atoms with E-state index in [9.17, 15) is 9.59 Å². The molecule has 6 heteroatoms. The fourth-order valence-corrected chi connectivity index (χ4v) is 3.56. The van der Waals surface area contributed by atoms with Crippen molar-refractivity contribution in [3.8, 4) is 0 Å². The van der Waals surface area contributed by atoms with Crippen molar-refractivity contribution in [2.45, 2.75) is 18.9 Å². The van der Waals surface area contributed by atoms with E-state index in [1.807, 2.05) is 31.2 Å². The first-order chi connectivity index (χ1) is 14.1. The minimum atomic E-state index is -0.672. The molecular formula is C23H18ClN3O2. The maximum absolute atomic E-state index is 13.3. The molecule has 1 aliphatic heterocycles. The van der Waals surface area contributed by atoms with Crippen LogP contribution in [0.15, 0.2) is 77.9 Å². The van der Waals surface area contributed by atoms with Crippen LogP contribution < -0.4 is 4.90 Å². The van der Waals surface area contributed by atoms with Gasteiger partial charge in [-0.25, -0.2) is 4.90 Å². The van der Waals surface area contributed by atoms with Crippen LogP contribution in [0, 0.1) is 0 Å². The van der Waals surface area contributed by atoms with Crippen LogP contribution in [0.1, 0.15) is 40.5 Å². The number of aromatic nitrogens is 1. The molecule has 0 bridgehead atoms. The van der Waals surface area contributed by atoms with Crippen LogP contribution in [0.25, 0.3) is 0 Å². The van der Waals surface area contributed by atoms with Crippen molar-refractivity contribution in [3.63, 3.8) is 0 Å². The zero-order valence-electron chi connectivity index (χ0n) is 15.7. The van der Waals surface area contributed by atoms with Crippen molar-refractivity contribution < 1.29 is 9.59 Å². The lowest BCUT2D eigenvalue weighted by molar-refractivity contribution is -0.118. The van der Waals surface area contributed by atoms with E-state index >= 15 is 0 Å². The van der Waals surface area contributed by atoms with E-state index in [1.54, 1.807) is 54.9 Å². The average Bonchev–Trinajstić information content (AvgIpc) is 2.74. The van der Waals surface area contributed by atoms with E-state index in [1.165, 1.54) is 4.90 Å². The highest BCUT2D eigenvalue weighted by atomic mass is 35.5. The quantitative estimate of drug-likeness (QED) is 0.462. The number of halogens is 1. The van der Waals surface area contributed by atoms with Crippen LogP contribution >= 0.6 is 11.6 Å². The highest BCUT2D eigenvalue weighted by Crippen LogP contribution is 2.33. The Kier molecular flexibility index (Phi) is 5.23. The van der Waals surface area contributed by atoms with Gasteiger partial charge in [0.25, 0.3) is 5.91 Å². The molecule has 5 nitrogen and oxygen atoms in total. The molecule has 2 amide bonds. The van der Waals surface area contributed by atoms with E-state index in [0.29, 0.717) is 21.8 Å². The summed E-state index contributed by atoms with van der Waals surface area (Å²) in [5.74, 6) is -1.39. The van der Waals surface area contributed by atoms with E-state index in [2.05, 4.69) is 9.98 Å². The maximum Gasteiger partial charge on any atom is 0.265 e. The zero-order chi connectivity index (χ0) is 20.4. The van der Waals surface area contributed by atoms with Gasteiger partial charge in [-0.2, -0.15) is 0 Å². The second-order valence-electron chi connectivity index (χ2n) is 6.75. The lowest BCUT2D eigenvalue weighted by Crippen LogP contribution is -2.45. The topological polar surface area (TPSA) is 62.6 Å². The number of nitrogens with zero attached hydrogens (tertiary/aromatic N) is 3.